The van der Waals surface area contributed by atoms with E-state index in [1.165, 1.54) is 13.8 Å². The molecule has 1 aliphatic rings. The fourth-order valence-corrected chi connectivity index (χ4v) is 2.68. The molecule has 0 aliphatic carbocycles. The summed E-state index contributed by atoms with van der Waals surface area (Å²) < 4.78 is 30.8. The van der Waals surface area contributed by atoms with Crippen LogP contribution >= 0.6 is 0 Å². The summed E-state index contributed by atoms with van der Waals surface area (Å²) >= 11 is 0. The molecule has 12 heteroatoms. The molecule has 0 aromatic carbocycles. The Morgan fingerprint density at radius 2 is 1.94 bits per heavy atom. The van der Waals surface area contributed by atoms with E-state index in [0.717, 1.165) is 18.3 Å². The number of aliphatic hydroxyl groups excluding tert-OH is 2. The Bertz CT molecular complexity index is 979. The van der Waals surface area contributed by atoms with Crippen LogP contribution in [0.25, 0.3) is 0 Å². The van der Waals surface area contributed by atoms with Gasteiger partial charge in [0.15, 0.2) is 19.6 Å². The molecule has 1 saturated heterocycles. The molecule has 1 aliphatic heterocycles. The van der Waals surface area contributed by atoms with E-state index < -0.39 is 66.7 Å². The molecule has 1 aromatic rings. The molecule has 0 spiro atoms. The Balaban J connectivity index is 2.27. The average Bonchev–Trinajstić information content (AvgIpc) is 2.90. The average molecular weight is 444 g/mol. The molecule has 0 amide bonds. The van der Waals surface area contributed by atoms with E-state index in [-0.39, 0.29) is 0 Å². The summed E-state index contributed by atoms with van der Waals surface area (Å²) in [5, 5.41) is 20.3. The Labute approximate surface area is 176 Å². The van der Waals surface area contributed by atoms with Gasteiger partial charge in [-0.2, -0.15) is 0 Å². The van der Waals surface area contributed by atoms with Gasteiger partial charge in [-0.15, -0.1) is 0 Å². The number of carbonyl (C=O) groups excluding carboxylic acids is 2. The Morgan fingerprint density at radius 3 is 2.52 bits per heavy atom. The number of aliphatic hydroxyl groups is 2. The number of hydrogen-bond acceptors (Lipinski definition) is 9. The zero-order valence-electron chi connectivity index (χ0n) is 17.5. The minimum Gasteiger partial charge on any atom is -0.459 e. The summed E-state index contributed by atoms with van der Waals surface area (Å²) in [5.41, 5.74) is -1.27. The molecule has 1 aromatic heterocycles. The van der Waals surface area contributed by atoms with Gasteiger partial charge in [-0.3, -0.25) is 14.2 Å². The SMILES string of the molecule is CC(C)=CC(=O)OCn1c(=O)ccn([C@@H]2O[C@](F)(COC(=O)C(C)C)[C@@H](O)[C@H]2O)c1=O. The molecule has 4 atom stereocenters. The van der Waals surface area contributed by atoms with Crippen molar-refractivity contribution in [2.24, 2.45) is 5.92 Å². The molecular formula is C19H25FN2O9. The number of allylic oxidation sites excluding steroid dienone is 1. The van der Waals surface area contributed by atoms with Crippen LogP contribution < -0.4 is 11.2 Å². The number of carbonyl (C=O) groups is 2. The van der Waals surface area contributed by atoms with Crippen molar-refractivity contribution in [1.82, 2.24) is 9.13 Å². The van der Waals surface area contributed by atoms with Crippen molar-refractivity contribution in [2.75, 3.05) is 6.61 Å². The highest BCUT2D eigenvalue weighted by Crippen LogP contribution is 2.38. The highest BCUT2D eigenvalue weighted by Gasteiger charge is 2.57. The zero-order chi connectivity index (χ0) is 23.5. The van der Waals surface area contributed by atoms with E-state index in [2.05, 4.69) is 0 Å². The number of halogens is 1. The first-order valence-electron chi connectivity index (χ1n) is 9.40. The van der Waals surface area contributed by atoms with Crippen LogP contribution in [0.5, 0.6) is 0 Å². The smallest absolute Gasteiger partial charge is 0.335 e. The molecule has 11 nitrogen and oxygen atoms in total. The van der Waals surface area contributed by atoms with E-state index in [0.29, 0.717) is 14.7 Å². The third kappa shape index (κ3) is 5.46. The number of nitrogens with zero attached hydrogens (tertiary/aromatic N) is 2. The molecule has 1 fully saturated rings. The van der Waals surface area contributed by atoms with Gasteiger partial charge in [0, 0.05) is 18.3 Å². The molecule has 31 heavy (non-hydrogen) atoms. The predicted octanol–water partition coefficient (Wildman–Crippen LogP) is -0.408. The van der Waals surface area contributed by atoms with Gasteiger partial charge in [0.1, 0.15) is 12.2 Å². The lowest BCUT2D eigenvalue weighted by Gasteiger charge is -2.23. The summed E-state index contributed by atoms with van der Waals surface area (Å²) in [6, 6.07) is 0.912. The van der Waals surface area contributed by atoms with Gasteiger partial charge in [-0.25, -0.2) is 18.5 Å². The number of rotatable bonds is 7. The molecule has 0 radical (unpaired) electrons. The largest absolute Gasteiger partial charge is 0.459 e. The maximum atomic E-state index is 15.0. The van der Waals surface area contributed by atoms with Crippen LogP contribution in [0.2, 0.25) is 0 Å². The van der Waals surface area contributed by atoms with E-state index >= 15 is 4.39 Å². The first-order valence-corrected chi connectivity index (χ1v) is 9.40. The fraction of sp³-hybridized carbons (Fsp3) is 0.579. The maximum Gasteiger partial charge on any atom is 0.335 e. The summed E-state index contributed by atoms with van der Waals surface area (Å²) in [4.78, 5) is 47.9. The van der Waals surface area contributed by atoms with E-state index in [1.54, 1.807) is 13.8 Å². The lowest BCUT2D eigenvalue weighted by atomic mass is 10.1. The Hall–Kier alpha value is -2.83. The third-order valence-corrected chi connectivity index (χ3v) is 4.37. The maximum absolute atomic E-state index is 15.0. The highest BCUT2D eigenvalue weighted by atomic mass is 19.2. The van der Waals surface area contributed by atoms with Crippen molar-refractivity contribution in [1.29, 1.82) is 0 Å². The normalized spacial score (nSPS) is 25.4. The predicted molar refractivity (Wildman–Crippen MR) is 102 cm³/mol. The van der Waals surface area contributed by atoms with Crippen LogP contribution in [0, 0.1) is 5.92 Å². The monoisotopic (exact) mass is 444 g/mol. The van der Waals surface area contributed by atoms with Crippen molar-refractivity contribution in [3.63, 3.8) is 0 Å². The zero-order valence-corrected chi connectivity index (χ0v) is 17.5. The molecule has 2 heterocycles. The van der Waals surface area contributed by atoms with Crippen molar-refractivity contribution in [2.45, 2.75) is 58.7 Å². The molecular weight excluding hydrogens is 419 g/mol. The number of alkyl halides is 1. The lowest BCUT2D eigenvalue weighted by Crippen LogP contribution is -2.44. The molecule has 2 N–H and O–H groups in total. The first-order chi connectivity index (χ1) is 14.4. The second-order valence-electron chi connectivity index (χ2n) is 7.58. The summed E-state index contributed by atoms with van der Waals surface area (Å²) in [7, 11) is 0. The van der Waals surface area contributed by atoms with Crippen LogP contribution in [-0.2, 0) is 30.5 Å². The third-order valence-electron chi connectivity index (χ3n) is 4.37. The van der Waals surface area contributed by atoms with Crippen LogP contribution in [0.4, 0.5) is 4.39 Å². The molecule has 2 rings (SSSR count). The first kappa shape index (κ1) is 24.4. The van der Waals surface area contributed by atoms with Crippen molar-refractivity contribution in [3.8, 4) is 0 Å². The summed E-state index contributed by atoms with van der Waals surface area (Å²) in [5.74, 6) is -5.10. The minimum absolute atomic E-state index is 0.524. The van der Waals surface area contributed by atoms with Crippen LogP contribution in [-0.4, -0.2) is 56.0 Å². The van der Waals surface area contributed by atoms with Crippen molar-refractivity contribution < 1.29 is 38.4 Å². The van der Waals surface area contributed by atoms with E-state index in [9.17, 15) is 29.4 Å². The van der Waals surface area contributed by atoms with Crippen molar-refractivity contribution >= 4 is 11.9 Å². The fourth-order valence-electron chi connectivity index (χ4n) is 2.68. The van der Waals surface area contributed by atoms with Gasteiger partial charge in [-0.1, -0.05) is 19.4 Å². The standard InChI is InChI=1S/C19H25FN2O9/c1-10(2)7-13(24)30-9-22-12(23)5-6-21(18(22)28)16-14(25)15(26)19(20,31-16)8-29-17(27)11(3)4/h5-7,11,14-16,25-26H,8-9H2,1-4H3/t14-,15+,16-,19-/m1/s1. The van der Waals surface area contributed by atoms with Gasteiger partial charge in [0.05, 0.1) is 5.92 Å². The van der Waals surface area contributed by atoms with E-state index in [1.807, 2.05) is 0 Å². The van der Waals surface area contributed by atoms with Gasteiger partial charge in [-0.05, 0) is 13.8 Å². The van der Waals surface area contributed by atoms with Crippen molar-refractivity contribution in [3.05, 3.63) is 44.8 Å². The molecule has 0 saturated carbocycles. The van der Waals surface area contributed by atoms with Crippen LogP contribution in [0.3, 0.4) is 0 Å². The highest BCUT2D eigenvalue weighted by molar-refractivity contribution is 5.82. The second-order valence-corrected chi connectivity index (χ2v) is 7.58. The number of esters is 2. The second kappa shape index (κ2) is 9.54. The number of hydrogen-bond donors (Lipinski definition) is 2. The van der Waals surface area contributed by atoms with E-state index in [4.69, 9.17) is 14.2 Å². The Kier molecular flexibility index (Phi) is 7.52. The molecule has 172 valence electrons. The number of ether oxygens (including phenoxy) is 3. The minimum atomic E-state index is -3.00. The topological polar surface area (TPSA) is 146 Å². The van der Waals surface area contributed by atoms with Gasteiger partial charge >= 0.3 is 17.6 Å². The summed E-state index contributed by atoms with van der Waals surface area (Å²) in [6.45, 7) is 4.57. The van der Waals surface area contributed by atoms with Gasteiger partial charge in [0.2, 0.25) is 0 Å². The lowest BCUT2D eigenvalue weighted by molar-refractivity contribution is -0.218. The Morgan fingerprint density at radius 1 is 1.29 bits per heavy atom. The summed E-state index contributed by atoms with van der Waals surface area (Å²) in [6.07, 6.45) is -3.74. The van der Waals surface area contributed by atoms with Gasteiger partial charge in [0.25, 0.3) is 11.4 Å². The number of aromatic nitrogens is 2. The molecule has 0 unspecified atom stereocenters. The van der Waals surface area contributed by atoms with Gasteiger partial charge < -0.3 is 24.4 Å². The van der Waals surface area contributed by atoms with Crippen LogP contribution in [0.15, 0.2) is 33.5 Å². The quantitative estimate of drug-likeness (QED) is 0.423. The van der Waals surface area contributed by atoms with Crippen LogP contribution in [0.1, 0.15) is 33.9 Å². The molecule has 0 bridgehead atoms.